The number of aliphatic hydroxyl groups is 11. The molecule has 0 aliphatic carbocycles. The summed E-state index contributed by atoms with van der Waals surface area (Å²) in [6.07, 6.45) is 38.1. The van der Waals surface area contributed by atoms with Crippen molar-refractivity contribution < 1.29 is 89.4 Å². The van der Waals surface area contributed by atoms with Crippen molar-refractivity contribution in [3.8, 4) is 0 Å². The van der Waals surface area contributed by atoms with E-state index in [1.165, 1.54) is 180 Å². The molecule has 12 N–H and O–H groups in total. The molecule has 17 unspecified atom stereocenters. The fraction of sp³-hybridized carbons (Fsp3) is 0.875. The van der Waals surface area contributed by atoms with E-state index >= 15 is 0 Å². The van der Waals surface area contributed by atoms with Crippen LogP contribution in [0.15, 0.2) is 48.6 Å². The molecular formula is C72H131NO18. The summed E-state index contributed by atoms with van der Waals surface area (Å²) in [4.78, 5) is 13.4. The quantitative estimate of drug-likeness (QED) is 0.0199. The van der Waals surface area contributed by atoms with E-state index < -0.39 is 124 Å². The van der Waals surface area contributed by atoms with Crippen LogP contribution in [0.3, 0.4) is 0 Å². The average Bonchev–Trinajstić information content (AvgIpc) is 0.886. The molecule has 3 fully saturated rings. The smallest absolute Gasteiger partial charge is 0.220 e. The van der Waals surface area contributed by atoms with Crippen LogP contribution in [-0.2, 0) is 33.2 Å². The average molecular weight is 1300 g/mol. The zero-order chi connectivity index (χ0) is 66.1. The van der Waals surface area contributed by atoms with Crippen LogP contribution in [0.1, 0.15) is 271 Å². The number of carbonyl (C=O) groups excluding carboxylic acids is 1. The number of rotatable bonds is 56. The van der Waals surface area contributed by atoms with Gasteiger partial charge in [0, 0.05) is 6.42 Å². The number of carbonyl (C=O) groups is 1. The largest absolute Gasteiger partial charge is 0.394 e. The van der Waals surface area contributed by atoms with Gasteiger partial charge in [-0.3, -0.25) is 4.79 Å². The number of hydrogen-bond acceptors (Lipinski definition) is 18. The predicted molar refractivity (Wildman–Crippen MR) is 356 cm³/mol. The normalized spacial score (nSPS) is 28.1. The van der Waals surface area contributed by atoms with Crippen molar-refractivity contribution in [2.24, 2.45) is 0 Å². The van der Waals surface area contributed by atoms with E-state index in [1.807, 2.05) is 6.08 Å². The number of aliphatic hydroxyl groups excluding tert-OH is 11. The van der Waals surface area contributed by atoms with Crippen molar-refractivity contribution in [3.05, 3.63) is 48.6 Å². The summed E-state index contributed by atoms with van der Waals surface area (Å²) in [5.74, 6) is -0.289. The van der Waals surface area contributed by atoms with Crippen LogP contribution in [0.4, 0.5) is 0 Å². The number of ether oxygens (including phenoxy) is 6. The summed E-state index contributed by atoms with van der Waals surface area (Å²) in [5, 5.41) is 121. The first-order valence-electron chi connectivity index (χ1n) is 36.4. The molecule has 0 spiro atoms. The predicted octanol–water partition coefficient (Wildman–Crippen LogP) is 10.2. The van der Waals surface area contributed by atoms with E-state index in [0.29, 0.717) is 12.8 Å². The molecule has 17 atom stereocenters. The Balaban J connectivity index is 1.43. The van der Waals surface area contributed by atoms with Crippen LogP contribution in [0, 0.1) is 0 Å². The van der Waals surface area contributed by atoms with Crippen molar-refractivity contribution in [1.29, 1.82) is 0 Å². The van der Waals surface area contributed by atoms with Crippen LogP contribution in [-0.4, -0.2) is 193 Å². The van der Waals surface area contributed by atoms with Gasteiger partial charge in [0.2, 0.25) is 5.91 Å². The van der Waals surface area contributed by atoms with Gasteiger partial charge in [0.1, 0.15) is 73.2 Å². The topological polar surface area (TPSA) is 307 Å². The number of nitrogens with one attached hydrogen (secondary N) is 1. The highest BCUT2D eigenvalue weighted by molar-refractivity contribution is 5.76. The highest BCUT2D eigenvalue weighted by Gasteiger charge is 2.53. The molecule has 3 heterocycles. The van der Waals surface area contributed by atoms with E-state index in [1.54, 1.807) is 6.08 Å². The Labute approximate surface area is 548 Å². The van der Waals surface area contributed by atoms with Gasteiger partial charge in [-0.2, -0.15) is 0 Å². The lowest BCUT2D eigenvalue weighted by molar-refractivity contribution is -0.379. The zero-order valence-corrected chi connectivity index (χ0v) is 56.3. The third kappa shape index (κ3) is 35.5. The molecule has 0 aromatic heterocycles. The van der Waals surface area contributed by atoms with Gasteiger partial charge in [-0.25, -0.2) is 0 Å². The van der Waals surface area contributed by atoms with Crippen LogP contribution in [0.5, 0.6) is 0 Å². The van der Waals surface area contributed by atoms with E-state index in [0.717, 1.165) is 57.8 Å². The molecule has 0 aromatic carbocycles. The second-order valence-electron chi connectivity index (χ2n) is 26.0. The first-order chi connectivity index (χ1) is 44.3. The lowest BCUT2D eigenvalue weighted by Crippen LogP contribution is -2.66. The molecule has 0 radical (unpaired) electrons. The summed E-state index contributed by atoms with van der Waals surface area (Å²) in [6.45, 7) is 1.71. The van der Waals surface area contributed by atoms with Gasteiger partial charge < -0.3 is 89.9 Å². The van der Waals surface area contributed by atoms with Gasteiger partial charge in [0.25, 0.3) is 0 Å². The summed E-state index contributed by atoms with van der Waals surface area (Å²) < 4.78 is 34.4. The summed E-state index contributed by atoms with van der Waals surface area (Å²) in [5.41, 5.74) is 0. The Hall–Kier alpha value is -2.25. The highest BCUT2D eigenvalue weighted by atomic mass is 16.8. The molecule has 532 valence electrons. The molecule has 0 aromatic rings. The maximum absolute atomic E-state index is 13.4. The van der Waals surface area contributed by atoms with Gasteiger partial charge in [-0.1, -0.05) is 249 Å². The second kappa shape index (κ2) is 53.8. The third-order valence-electron chi connectivity index (χ3n) is 18.1. The minimum Gasteiger partial charge on any atom is -0.394 e. The maximum Gasteiger partial charge on any atom is 0.220 e. The van der Waals surface area contributed by atoms with E-state index in [4.69, 9.17) is 28.4 Å². The molecule has 3 aliphatic heterocycles. The Kier molecular flexibility index (Phi) is 49.1. The molecule has 1 amide bonds. The van der Waals surface area contributed by atoms with Crippen LogP contribution in [0.25, 0.3) is 0 Å². The summed E-state index contributed by atoms with van der Waals surface area (Å²) >= 11 is 0. The summed E-state index contributed by atoms with van der Waals surface area (Å²) in [7, 11) is 0. The van der Waals surface area contributed by atoms with Crippen LogP contribution >= 0.6 is 0 Å². The summed E-state index contributed by atoms with van der Waals surface area (Å²) in [6, 6.07) is -0.994. The Morgan fingerprint density at radius 2 is 0.736 bits per heavy atom. The van der Waals surface area contributed by atoms with Crippen molar-refractivity contribution >= 4 is 5.91 Å². The molecular weight excluding hydrogens is 1170 g/mol. The molecule has 3 rings (SSSR count). The van der Waals surface area contributed by atoms with E-state index in [-0.39, 0.29) is 18.9 Å². The van der Waals surface area contributed by atoms with E-state index in [9.17, 15) is 61.0 Å². The van der Waals surface area contributed by atoms with Gasteiger partial charge in [0.05, 0.1) is 38.6 Å². The minimum absolute atomic E-state index is 0.230. The Bertz CT molecular complexity index is 1840. The van der Waals surface area contributed by atoms with E-state index in [2.05, 4.69) is 55.6 Å². The molecule has 3 aliphatic rings. The first-order valence-corrected chi connectivity index (χ1v) is 36.4. The number of hydrogen-bond donors (Lipinski definition) is 12. The minimum atomic E-state index is -1.98. The lowest BCUT2D eigenvalue weighted by atomic mass is 9.96. The molecule has 0 bridgehead atoms. The second-order valence-corrected chi connectivity index (χ2v) is 26.0. The van der Waals surface area contributed by atoms with Gasteiger partial charge in [0.15, 0.2) is 18.9 Å². The van der Waals surface area contributed by atoms with Gasteiger partial charge >= 0.3 is 0 Å². The SMILES string of the molecule is CCCCC/C=C\C/C=C\CCCCCCCCCCCC(=O)NC(COC1OC(CO)C(OC2OC(CO)C(OC3OC(CO)C(O)C(O)C3O)C(O)C2O)C(O)C1O)C(O)/C=C/CC/C=C/CCCCCCCCCCCCCCCCCCCCCCC. The molecule has 19 nitrogen and oxygen atoms in total. The Morgan fingerprint density at radius 1 is 0.396 bits per heavy atom. The van der Waals surface area contributed by atoms with Gasteiger partial charge in [-0.15, -0.1) is 0 Å². The van der Waals surface area contributed by atoms with Crippen LogP contribution in [0.2, 0.25) is 0 Å². The fourth-order valence-corrected chi connectivity index (χ4v) is 12.2. The zero-order valence-electron chi connectivity index (χ0n) is 56.3. The number of allylic oxidation sites excluding steroid dienone is 7. The molecule has 0 saturated carbocycles. The van der Waals surface area contributed by atoms with Gasteiger partial charge in [-0.05, 0) is 64.2 Å². The molecule has 3 saturated heterocycles. The van der Waals surface area contributed by atoms with Crippen LogP contribution < -0.4 is 5.32 Å². The Morgan fingerprint density at radius 3 is 1.19 bits per heavy atom. The van der Waals surface area contributed by atoms with Crippen molar-refractivity contribution in [2.45, 2.75) is 375 Å². The van der Waals surface area contributed by atoms with Crippen molar-refractivity contribution in [2.75, 3.05) is 26.4 Å². The lowest BCUT2D eigenvalue weighted by Gasteiger charge is -2.48. The van der Waals surface area contributed by atoms with Crippen molar-refractivity contribution in [1.82, 2.24) is 5.32 Å². The standard InChI is InChI=1S/C72H131NO18/c1-3-5-7-9-11-13-15-17-19-21-23-24-25-26-27-28-29-30-32-33-35-37-39-41-43-45-47-49-56(77)55(73-60(78)50-48-46-44-42-40-38-36-34-31-22-20-18-16-14-12-10-8-6-4-2)54-86-70-66(84)63(81)68(58(52-75)88-70)91-72-67(85)64(82)69(59(53-76)89-72)90-71-65(83)62(80)61(79)57(51-74)87-71/h12,14,18,20,39,41,47,49,55-59,61-72,74-77,79-85H,3-11,13,15-17,19,21-38,40,42-46,48,50-54H2,1-2H3,(H,73,78)/b14-12-,20-18-,41-39+,49-47+. The number of unbranched alkanes of at least 4 members (excludes halogenated alkanes) is 34. The highest BCUT2D eigenvalue weighted by Crippen LogP contribution is 2.33. The number of amides is 1. The molecule has 19 heteroatoms. The molecule has 91 heavy (non-hydrogen) atoms. The first kappa shape index (κ1) is 83.0. The monoisotopic (exact) mass is 1300 g/mol. The maximum atomic E-state index is 13.4. The fourth-order valence-electron chi connectivity index (χ4n) is 12.2. The third-order valence-corrected chi connectivity index (χ3v) is 18.1. The van der Waals surface area contributed by atoms with Crippen molar-refractivity contribution in [3.63, 3.8) is 0 Å².